The second kappa shape index (κ2) is 4.21. The molecule has 1 fully saturated rings. The zero-order valence-corrected chi connectivity index (χ0v) is 9.26. The number of hydrogen-bond acceptors (Lipinski definition) is 3. The molecule has 1 aliphatic heterocycles. The Labute approximate surface area is 87.7 Å². The molecule has 1 rings (SSSR count). The Balaban J connectivity index is 2.77. The maximum absolute atomic E-state index is 11.6. The van der Waals surface area contributed by atoms with Gasteiger partial charge in [-0.05, 0) is 26.0 Å². The third kappa shape index (κ3) is 1.87. The molecule has 0 saturated carbocycles. The summed E-state index contributed by atoms with van der Waals surface area (Å²) in [5.41, 5.74) is -0.979. The minimum Gasteiger partial charge on any atom is -0.480 e. The van der Waals surface area contributed by atoms with Gasteiger partial charge in [-0.3, -0.25) is 4.79 Å². The highest BCUT2D eigenvalue weighted by Gasteiger charge is 2.45. The summed E-state index contributed by atoms with van der Waals surface area (Å²) in [5, 5.41) is 9.06. The van der Waals surface area contributed by atoms with Gasteiger partial charge in [0.1, 0.15) is 5.54 Å². The Morgan fingerprint density at radius 2 is 2.21 bits per heavy atom. The SMILES string of the molecule is CSCC(=O)N1CCCC1(C)C(=O)O. The highest BCUT2D eigenvalue weighted by molar-refractivity contribution is 7.99. The number of carboxylic acids is 1. The third-order valence-corrected chi connectivity index (χ3v) is 3.21. The molecule has 0 aromatic heterocycles. The summed E-state index contributed by atoms with van der Waals surface area (Å²) in [6, 6.07) is 0. The summed E-state index contributed by atoms with van der Waals surface area (Å²) >= 11 is 1.42. The number of hydrogen-bond donors (Lipinski definition) is 1. The topological polar surface area (TPSA) is 57.6 Å². The fraction of sp³-hybridized carbons (Fsp3) is 0.778. The second-order valence-corrected chi connectivity index (χ2v) is 4.53. The second-order valence-electron chi connectivity index (χ2n) is 3.66. The Morgan fingerprint density at radius 1 is 1.57 bits per heavy atom. The van der Waals surface area contributed by atoms with E-state index >= 15 is 0 Å². The van der Waals surface area contributed by atoms with E-state index in [-0.39, 0.29) is 5.91 Å². The highest BCUT2D eigenvalue weighted by atomic mass is 32.2. The van der Waals surface area contributed by atoms with Gasteiger partial charge in [-0.15, -0.1) is 0 Å². The number of nitrogens with zero attached hydrogens (tertiary/aromatic N) is 1. The van der Waals surface area contributed by atoms with Crippen molar-refractivity contribution >= 4 is 23.6 Å². The molecule has 1 saturated heterocycles. The van der Waals surface area contributed by atoms with Crippen molar-refractivity contribution in [1.82, 2.24) is 4.90 Å². The third-order valence-electron chi connectivity index (χ3n) is 2.67. The number of amides is 1. The first-order valence-corrected chi connectivity index (χ1v) is 5.94. The lowest BCUT2D eigenvalue weighted by molar-refractivity contribution is -0.154. The van der Waals surface area contributed by atoms with Crippen LogP contribution in [0.5, 0.6) is 0 Å². The number of carbonyl (C=O) groups excluding carboxylic acids is 1. The van der Waals surface area contributed by atoms with Crippen LogP contribution >= 0.6 is 11.8 Å². The van der Waals surface area contributed by atoms with Crippen LogP contribution in [0.4, 0.5) is 0 Å². The molecular formula is C9H15NO3S. The number of rotatable bonds is 3. The molecule has 1 atom stereocenters. The fourth-order valence-corrected chi connectivity index (χ4v) is 2.19. The molecule has 80 valence electrons. The largest absolute Gasteiger partial charge is 0.480 e. The van der Waals surface area contributed by atoms with E-state index in [9.17, 15) is 9.59 Å². The van der Waals surface area contributed by atoms with E-state index in [0.29, 0.717) is 18.7 Å². The highest BCUT2D eigenvalue weighted by Crippen LogP contribution is 2.29. The monoisotopic (exact) mass is 217 g/mol. The van der Waals surface area contributed by atoms with E-state index in [4.69, 9.17) is 5.11 Å². The first-order valence-electron chi connectivity index (χ1n) is 4.55. The molecule has 1 N–H and O–H groups in total. The number of carboxylic acid groups (broad SMARTS) is 1. The van der Waals surface area contributed by atoms with Crippen LogP contribution in [-0.2, 0) is 9.59 Å². The van der Waals surface area contributed by atoms with Crippen LogP contribution < -0.4 is 0 Å². The van der Waals surface area contributed by atoms with E-state index < -0.39 is 11.5 Å². The van der Waals surface area contributed by atoms with Gasteiger partial charge in [-0.1, -0.05) is 0 Å². The van der Waals surface area contributed by atoms with Crippen LogP contribution in [0.15, 0.2) is 0 Å². The standard InChI is InChI=1S/C9H15NO3S/c1-9(8(12)13)4-3-5-10(9)7(11)6-14-2/h3-6H2,1-2H3,(H,12,13). The molecule has 4 nitrogen and oxygen atoms in total. The van der Waals surface area contributed by atoms with Crippen molar-refractivity contribution in [2.24, 2.45) is 0 Å². The van der Waals surface area contributed by atoms with Crippen molar-refractivity contribution in [3.05, 3.63) is 0 Å². The van der Waals surface area contributed by atoms with Gasteiger partial charge in [0.05, 0.1) is 5.75 Å². The van der Waals surface area contributed by atoms with Gasteiger partial charge in [0.25, 0.3) is 0 Å². The van der Waals surface area contributed by atoms with Crippen molar-refractivity contribution in [2.45, 2.75) is 25.3 Å². The minimum atomic E-state index is -0.979. The number of carbonyl (C=O) groups is 2. The number of thioether (sulfide) groups is 1. The van der Waals surface area contributed by atoms with Crippen LogP contribution in [0.1, 0.15) is 19.8 Å². The van der Waals surface area contributed by atoms with Gasteiger partial charge in [-0.25, -0.2) is 4.79 Å². The average Bonchev–Trinajstić information content (AvgIpc) is 2.49. The summed E-state index contributed by atoms with van der Waals surface area (Å²) in [4.78, 5) is 24.1. The molecule has 5 heteroatoms. The summed E-state index contributed by atoms with van der Waals surface area (Å²) in [6.07, 6.45) is 3.18. The van der Waals surface area contributed by atoms with Gasteiger partial charge >= 0.3 is 5.97 Å². The van der Waals surface area contributed by atoms with Crippen molar-refractivity contribution in [2.75, 3.05) is 18.6 Å². The van der Waals surface area contributed by atoms with Crippen molar-refractivity contribution in [1.29, 1.82) is 0 Å². The van der Waals surface area contributed by atoms with Crippen LogP contribution in [0.3, 0.4) is 0 Å². The molecule has 1 heterocycles. The average molecular weight is 217 g/mol. The van der Waals surface area contributed by atoms with Gasteiger partial charge in [0, 0.05) is 6.54 Å². The van der Waals surface area contributed by atoms with Crippen molar-refractivity contribution in [3.63, 3.8) is 0 Å². The van der Waals surface area contributed by atoms with E-state index in [0.717, 1.165) is 6.42 Å². The molecule has 0 aromatic rings. The molecule has 0 aliphatic carbocycles. The summed E-state index contributed by atoms with van der Waals surface area (Å²) in [5.74, 6) is -0.604. The molecule has 0 bridgehead atoms. The molecule has 1 aliphatic rings. The zero-order chi connectivity index (χ0) is 10.8. The van der Waals surface area contributed by atoms with Gasteiger partial charge in [-0.2, -0.15) is 11.8 Å². The van der Waals surface area contributed by atoms with Crippen molar-refractivity contribution in [3.8, 4) is 0 Å². The van der Waals surface area contributed by atoms with E-state index in [1.54, 1.807) is 6.92 Å². The maximum Gasteiger partial charge on any atom is 0.329 e. The lowest BCUT2D eigenvalue weighted by Gasteiger charge is -2.31. The lowest BCUT2D eigenvalue weighted by Crippen LogP contribution is -2.51. The van der Waals surface area contributed by atoms with Gasteiger partial charge in [0.15, 0.2) is 0 Å². The smallest absolute Gasteiger partial charge is 0.329 e. The number of aliphatic carboxylic acids is 1. The first-order chi connectivity index (χ1) is 6.52. The van der Waals surface area contributed by atoms with E-state index in [1.807, 2.05) is 6.26 Å². The van der Waals surface area contributed by atoms with Gasteiger partial charge < -0.3 is 10.0 Å². The van der Waals surface area contributed by atoms with E-state index in [2.05, 4.69) is 0 Å². The predicted molar refractivity (Wildman–Crippen MR) is 55.4 cm³/mol. The van der Waals surface area contributed by atoms with Crippen LogP contribution in [0.25, 0.3) is 0 Å². The Morgan fingerprint density at radius 3 is 2.71 bits per heavy atom. The van der Waals surface area contributed by atoms with Crippen LogP contribution in [0, 0.1) is 0 Å². The number of likely N-dealkylation sites (tertiary alicyclic amines) is 1. The quantitative estimate of drug-likeness (QED) is 0.760. The summed E-state index contributed by atoms with van der Waals surface area (Å²) in [6.45, 7) is 2.20. The molecule has 0 radical (unpaired) electrons. The molecule has 1 unspecified atom stereocenters. The van der Waals surface area contributed by atoms with Crippen molar-refractivity contribution < 1.29 is 14.7 Å². The zero-order valence-electron chi connectivity index (χ0n) is 8.45. The van der Waals surface area contributed by atoms with Crippen LogP contribution in [-0.4, -0.2) is 46.0 Å². The minimum absolute atomic E-state index is 0.0695. The predicted octanol–water partition coefficient (Wildman–Crippen LogP) is 0.815. The Bertz CT molecular complexity index is 256. The lowest BCUT2D eigenvalue weighted by atomic mass is 9.99. The fourth-order valence-electron chi connectivity index (χ4n) is 1.79. The molecule has 14 heavy (non-hydrogen) atoms. The first kappa shape index (κ1) is 11.4. The molecule has 1 amide bonds. The Kier molecular flexibility index (Phi) is 3.42. The molecular weight excluding hydrogens is 202 g/mol. The van der Waals surface area contributed by atoms with E-state index in [1.165, 1.54) is 16.7 Å². The normalized spacial score (nSPS) is 26.6. The molecule has 0 aromatic carbocycles. The van der Waals surface area contributed by atoms with Crippen LogP contribution in [0.2, 0.25) is 0 Å². The summed E-state index contributed by atoms with van der Waals surface area (Å²) in [7, 11) is 0. The maximum atomic E-state index is 11.6. The molecule has 0 spiro atoms. The Hall–Kier alpha value is -0.710. The van der Waals surface area contributed by atoms with Gasteiger partial charge in [0.2, 0.25) is 5.91 Å². The summed E-state index contributed by atoms with van der Waals surface area (Å²) < 4.78 is 0.